The van der Waals surface area contributed by atoms with Gasteiger partial charge in [0, 0.05) is 24.2 Å². The van der Waals surface area contributed by atoms with Gasteiger partial charge in [0.05, 0.1) is 5.92 Å². The zero-order chi connectivity index (χ0) is 20.9. The monoisotopic (exact) mass is 389 g/mol. The van der Waals surface area contributed by atoms with Crippen LogP contribution in [-0.4, -0.2) is 42.5 Å². The minimum Gasteiger partial charge on any atom is -0.455 e. The van der Waals surface area contributed by atoms with Crippen LogP contribution in [0.25, 0.3) is 0 Å². The Morgan fingerprint density at radius 3 is 2.54 bits per heavy atom. The molecule has 0 bridgehead atoms. The molecule has 0 aromatic heterocycles. The van der Waals surface area contributed by atoms with Crippen LogP contribution in [0, 0.1) is 5.92 Å². The van der Waals surface area contributed by atoms with Crippen molar-refractivity contribution in [2.24, 2.45) is 5.92 Å². The van der Waals surface area contributed by atoms with E-state index in [1.165, 1.54) is 0 Å². The first-order chi connectivity index (χ1) is 13.1. The Labute approximate surface area is 164 Å². The maximum absolute atomic E-state index is 12.4. The summed E-state index contributed by atoms with van der Waals surface area (Å²) in [7, 11) is 0. The molecule has 0 unspecified atom stereocenters. The second kappa shape index (κ2) is 8.86. The number of nitrogens with one attached hydrogen (secondary N) is 2. The first-order valence-electron chi connectivity index (χ1n) is 9.27. The van der Waals surface area contributed by atoms with Crippen LogP contribution < -0.4 is 15.5 Å². The summed E-state index contributed by atoms with van der Waals surface area (Å²) in [5.74, 6) is -2.16. The molecule has 2 rings (SSSR count). The molecular formula is C20H27N3O5. The van der Waals surface area contributed by atoms with Gasteiger partial charge in [0.1, 0.15) is 0 Å². The van der Waals surface area contributed by atoms with Gasteiger partial charge in [-0.2, -0.15) is 0 Å². The van der Waals surface area contributed by atoms with E-state index in [-0.39, 0.29) is 18.9 Å². The average Bonchev–Trinajstić information content (AvgIpc) is 2.99. The van der Waals surface area contributed by atoms with Gasteiger partial charge in [-0.05, 0) is 38.8 Å². The van der Waals surface area contributed by atoms with Crippen molar-refractivity contribution in [1.29, 1.82) is 0 Å². The number of rotatable bonds is 5. The Morgan fingerprint density at radius 1 is 1.21 bits per heavy atom. The van der Waals surface area contributed by atoms with Crippen LogP contribution in [0.15, 0.2) is 24.3 Å². The Bertz CT molecular complexity index is 769. The number of carbonyl (C=O) groups excluding carboxylic acids is 4. The predicted octanol–water partition coefficient (Wildman–Crippen LogP) is 1.77. The smallest absolute Gasteiger partial charge is 0.321 e. The van der Waals surface area contributed by atoms with Crippen molar-refractivity contribution in [3.63, 3.8) is 0 Å². The topological polar surface area (TPSA) is 105 Å². The molecule has 28 heavy (non-hydrogen) atoms. The Morgan fingerprint density at radius 2 is 1.89 bits per heavy atom. The number of anilines is 1. The van der Waals surface area contributed by atoms with Crippen molar-refractivity contribution >= 4 is 29.5 Å². The molecule has 4 amide bonds. The van der Waals surface area contributed by atoms with E-state index >= 15 is 0 Å². The highest BCUT2D eigenvalue weighted by molar-refractivity contribution is 6.00. The molecule has 1 aromatic rings. The van der Waals surface area contributed by atoms with E-state index in [1.807, 2.05) is 31.2 Å². The minimum absolute atomic E-state index is 0.0308. The van der Waals surface area contributed by atoms with Crippen molar-refractivity contribution < 1.29 is 23.9 Å². The lowest BCUT2D eigenvalue weighted by Gasteiger charge is -2.20. The van der Waals surface area contributed by atoms with Crippen LogP contribution in [0.3, 0.4) is 0 Å². The number of nitrogens with zero attached hydrogens (tertiary/aromatic N) is 1. The number of ether oxygens (including phenoxy) is 1. The van der Waals surface area contributed by atoms with E-state index in [0.717, 1.165) is 17.7 Å². The van der Waals surface area contributed by atoms with Crippen molar-refractivity contribution in [2.45, 2.75) is 46.1 Å². The molecule has 1 fully saturated rings. The van der Waals surface area contributed by atoms with E-state index in [0.29, 0.717) is 0 Å². The van der Waals surface area contributed by atoms with Gasteiger partial charge in [0.2, 0.25) is 5.91 Å². The molecule has 2 N–H and O–H groups in total. The van der Waals surface area contributed by atoms with Gasteiger partial charge in [-0.25, -0.2) is 4.79 Å². The van der Waals surface area contributed by atoms with Gasteiger partial charge >= 0.3 is 12.0 Å². The molecule has 1 aliphatic rings. The van der Waals surface area contributed by atoms with Gasteiger partial charge < -0.3 is 15.0 Å². The molecule has 0 radical (unpaired) electrons. The number of hydrogen-bond donors (Lipinski definition) is 2. The van der Waals surface area contributed by atoms with Crippen LogP contribution >= 0.6 is 0 Å². The summed E-state index contributed by atoms with van der Waals surface area (Å²) in [6.45, 7) is 6.96. The summed E-state index contributed by atoms with van der Waals surface area (Å²) in [4.78, 5) is 49.6. The highest BCUT2D eigenvalue weighted by atomic mass is 16.5. The summed E-state index contributed by atoms with van der Waals surface area (Å²) in [5.41, 5.74) is 1.32. The van der Waals surface area contributed by atoms with Crippen molar-refractivity contribution in [2.75, 3.05) is 18.1 Å². The number of aryl methyl sites for hydroxylation is 1. The number of amides is 4. The fourth-order valence-electron chi connectivity index (χ4n) is 2.96. The minimum atomic E-state index is -0.729. The lowest BCUT2D eigenvalue weighted by molar-refractivity contribution is -0.152. The third-order valence-electron chi connectivity index (χ3n) is 4.21. The van der Waals surface area contributed by atoms with Crippen LogP contribution in [0.2, 0.25) is 0 Å². The molecule has 8 nitrogen and oxygen atoms in total. The van der Waals surface area contributed by atoms with Gasteiger partial charge in [0.15, 0.2) is 6.61 Å². The summed E-state index contributed by atoms with van der Waals surface area (Å²) < 4.78 is 5.00. The molecule has 1 aliphatic heterocycles. The van der Waals surface area contributed by atoms with Crippen LogP contribution in [0.4, 0.5) is 10.5 Å². The maximum Gasteiger partial charge on any atom is 0.321 e. The van der Waals surface area contributed by atoms with Crippen molar-refractivity contribution in [1.82, 2.24) is 10.6 Å². The lowest BCUT2D eigenvalue weighted by Crippen LogP contribution is -2.49. The van der Waals surface area contributed by atoms with Crippen LogP contribution in [0.1, 0.15) is 39.7 Å². The van der Waals surface area contributed by atoms with E-state index in [9.17, 15) is 19.2 Å². The van der Waals surface area contributed by atoms with E-state index in [2.05, 4.69) is 10.6 Å². The number of para-hydroxylation sites is 1. The molecule has 0 aliphatic carbocycles. The van der Waals surface area contributed by atoms with Gasteiger partial charge in [0.25, 0.3) is 5.91 Å². The van der Waals surface area contributed by atoms with E-state index < -0.39 is 36.0 Å². The Balaban J connectivity index is 1.88. The fourth-order valence-corrected chi connectivity index (χ4v) is 2.96. The molecule has 152 valence electrons. The highest BCUT2D eigenvalue weighted by Gasteiger charge is 2.37. The average molecular weight is 389 g/mol. The second-order valence-corrected chi connectivity index (χ2v) is 7.75. The summed E-state index contributed by atoms with van der Waals surface area (Å²) in [5, 5.41) is 4.67. The van der Waals surface area contributed by atoms with Crippen LogP contribution in [0.5, 0.6) is 0 Å². The van der Waals surface area contributed by atoms with E-state index in [1.54, 1.807) is 25.7 Å². The standard InChI is InChI=1S/C20H27N3O5/c1-5-13-8-6-7-9-15(13)23-11-14(10-17(23)25)18(26)28-12-16(24)21-19(27)22-20(2,3)4/h6-9,14H,5,10-12H2,1-4H3,(H2,21,22,24,27)/t14-/m0/s1. The molecule has 0 spiro atoms. The van der Waals surface area contributed by atoms with E-state index in [4.69, 9.17) is 4.74 Å². The Hall–Kier alpha value is -2.90. The quantitative estimate of drug-likeness (QED) is 0.747. The molecular weight excluding hydrogens is 362 g/mol. The number of urea groups is 1. The number of hydrogen-bond acceptors (Lipinski definition) is 5. The molecule has 1 aromatic carbocycles. The molecule has 8 heteroatoms. The summed E-state index contributed by atoms with van der Waals surface area (Å²) in [6.07, 6.45) is 0.800. The molecule has 1 atom stereocenters. The third-order valence-corrected chi connectivity index (χ3v) is 4.21. The summed E-state index contributed by atoms with van der Waals surface area (Å²) in [6, 6.07) is 6.89. The summed E-state index contributed by atoms with van der Waals surface area (Å²) >= 11 is 0. The molecule has 1 heterocycles. The molecule has 1 saturated heterocycles. The third kappa shape index (κ3) is 5.80. The normalized spacial score (nSPS) is 16.6. The number of esters is 1. The largest absolute Gasteiger partial charge is 0.455 e. The van der Waals surface area contributed by atoms with Crippen LogP contribution in [-0.2, 0) is 25.5 Å². The zero-order valence-electron chi connectivity index (χ0n) is 16.7. The predicted molar refractivity (Wildman–Crippen MR) is 104 cm³/mol. The number of carbonyl (C=O) groups is 4. The van der Waals surface area contributed by atoms with Gasteiger partial charge in [-0.15, -0.1) is 0 Å². The van der Waals surface area contributed by atoms with Gasteiger partial charge in [-0.1, -0.05) is 25.1 Å². The second-order valence-electron chi connectivity index (χ2n) is 7.75. The molecule has 0 saturated carbocycles. The lowest BCUT2D eigenvalue weighted by atomic mass is 10.1. The number of imide groups is 1. The highest BCUT2D eigenvalue weighted by Crippen LogP contribution is 2.29. The Kier molecular flexibility index (Phi) is 6.77. The first-order valence-corrected chi connectivity index (χ1v) is 9.27. The van der Waals surface area contributed by atoms with Crippen molar-refractivity contribution in [3.05, 3.63) is 29.8 Å². The fraction of sp³-hybridized carbons (Fsp3) is 0.500. The first kappa shape index (κ1) is 21.4. The SMILES string of the molecule is CCc1ccccc1N1C[C@@H](C(=O)OCC(=O)NC(=O)NC(C)(C)C)CC1=O. The van der Waals surface area contributed by atoms with Gasteiger partial charge in [-0.3, -0.25) is 19.7 Å². The zero-order valence-corrected chi connectivity index (χ0v) is 16.7. The maximum atomic E-state index is 12.4. The van der Waals surface area contributed by atoms with Crippen molar-refractivity contribution in [3.8, 4) is 0 Å². The number of benzene rings is 1.